The van der Waals surface area contributed by atoms with E-state index in [0.29, 0.717) is 36.8 Å². The number of sulfonamides is 1. The predicted molar refractivity (Wildman–Crippen MR) is 170 cm³/mol. The second-order valence-electron chi connectivity index (χ2n) is 12.1. The van der Waals surface area contributed by atoms with Crippen LogP contribution in [0, 0.1) is 0 Å². The highest BCUT2D eigenvalue weighted by atomic mass is 32.2. The van der Waals surface area contributed by atoms with Gasteiger partial charge in [-0.15, -0.1) is 13.2 Å². The normalized spacial score (nSPS) is 18.2. The number of thiazole rings is 1. The van der Waals surface area contributed by atoms with Gasteiger partial charge in [-0.3, -0.25) is 5.32 Å². The summed E-state index contributed by atoms with van der Waals surface area (Å²) in [4.78, 5) is 16.1. The van der Waals surface area contributed by atoms with E-state index in [2.05, 4.69) is 20.0 Å². The Hall–Kier alpha value is -3.41. The SMILES string of the molecule is CC(C)(O)c1ccc(S(=O)(=O)N2CCN(c3nc4nc(C5CC5)ncc4s3)C[C@@H]2COCNCc2ccc(OC(F)(F)F)cc2)cc1. The van der Waals surface area contributed by atoms with Crippen molar-refractivity contribution in [2.45, 2.75) is 62.1 Å². The van der Waals surface area contributed by atoms with Gasteiger partial charge in [0.05, 0.1) is 40.8 Å². The number of hydrogen-bond donors (Lipinski definition) is 2. The molecule has 1 aliphatic heterocycles. The summed E-state index contributed by atoms with van der Waals surface area (Å²) in [5, 5.41) is 14.1. The molecule has 4 aromatic rings. The van der Waals surface area contributed by atoms with Gasteiger partial charge in [-0.1, -0.05) is 35.6 Å². The van der Waals surface area contributed by atoms with Crippen LogP contribution in [0.15, 0.2) is 59.6 Å². The maximum atomic E-state index is 13.9. The Kier molecular flexibility index (Phi) is 9.43. The van der Waals surface area contributed by atoms with Crippen LogP contribution in [0.2, 0.25) is 0 Å². The maximum Gasteiger partial charge on any atom is 0.573 e. The third kappa shape index (κ3) is 8.18. The molecular formula is C31H35F3N6O5S2. The lowest BCUT2D eigenvalue weighted by molar-refractivity contribution is -0.274. The van der Waals surface area contributed by atoms with Gasteiger partial charge in [-0.25, -0.2) is 18.4 Å². The zero-order chi connectivity index (χ0) is 33.4. The van der Waals surface area contributed by atoms with Gasteiger partial charge in [0, 0.05) is 32.1 Å². The predicted octanol–water partition coefficient (Wildman–Crippen LogP) is 4.73. The molecule has 2 N–H and O–H groups in total. The fourth-order valence-electron chi connectivity index (χ4n) is 5.32. The minimum atomic E-state index is -4.76. The number of rotatable bonds is 12. The van der Waals surface area contributed by atoms with Crippen LogP contribution in [0.1, 0.15) is 49.6 Å². The Labute approximate surface area is 274 Å². The highest BCUT2D eigenvalue weighted by Crippen LogP contribution is 2.39. The van der Waals surface area contributed by atoms with Crippen LogP contribution in [-0.4, -0.2) is 78.2 Å². The summed E-state index contributed by atoms with van der Waals surface area (Å²) in [6.45, 7) is 4.65. The number of piperazine rings is 1. The van der Waals surface area contributed by atoms with Crippen LogP contribution in [0.5, 0.6) is 5.75 Å². The molecular weight excluding hydrogens is 658 g/mol. The lowest BCUT2D eigenvalue weighted by Gasteiger charge is -2.40. The largest absolute Gasteiger partial charge is 0.573 e. The Balaban J connectivity index is 1.14. The van der Waals surface area contributed by atoms with Crippen molar-refractivity contribution < 1.29 is 36.2 Å². The lowest BCUT2D eigenvalue weighted by atomic mass is 9.99. The van der Waals surface area contributed by atoms with Gasteiger partial charge in [0.2, 0.25) is 10.0 Å². The van der Waals surface area contributed by atoms with Crippen LogP contribution in [0.4, 0.5) is 18.3 Å². The van der Waals surface area contributed by atoms with Gasteiger partial charge in [0.15, 0.2) is 10.8 Å². The Morgan fingerprint density at radius 1 is 1.04 bits per heavy atom. The molecule has 3 heterocycles. The van der Waals surface area contributed by atoms with E-state index in [4.69, 9.17) is 9.72 Å². The van der Waals surface area contributed by atoms with Crippen molar-refractivity contribution in [1.82, 2.24) is 24.6 Å². The molecule has 2 aromatic heterocycles. The van der Waals surface area contributed by atoms with Crippen molar-refractivity contribution >= 4 is 36.8 Å². The monoisotopic (exact) mass is 692 g/mol. The molecule has 252 valence electrons. The van der Waals surface area contributed by atoms with E-state index in [9.17, 15) is 26.7 Å². The van der Waals surface area contributed by atoms with Crippen molar-refractivity contribution in [1.29, 1.82) is 0 Å². The number of nitrogens with one attached hydrogen (secondary N) is 1. The van der Waals surface area contributed by atoms with Crippen LogP contribution in [0.25, 0.3) is 10.3 Å². The van der Waals surface area contributed by atoms with Gasteiger partial charge in [0.25, 0.3) is 0 Å². The first-order chi connectivity index (χ1) is 22.3. The van der Waals surface area contributed by atoms with Gasteiger partial charge in [-0.2, -0.15) is 9.29 Å². The van der Waals surface area contributed by atoms with E-state index in [1.54, 1.807) is 32.2 Å². The lowest BCUT2D eigenvalue weighted by Crippen LogP contribution is -2.57. The Morgan fingerprint density at radius 2 is 1.77 bits per heavy atom. The Bertz CT molecular complexity index is 1790. The molecule has 0 amide bonds. The number of alkyl halides is 3. The molecule has 1 aliphatic carbocycles. The number of benzene rings is 2. The molecule has 11 nitrogen and oxygen atoms in total. The number of fused-ring (bicyclic) bond motifs is 1. The minimum absolute atomic E-state index is 0.0688. The van der Waals surface area contributed by atoms with E-state index in [1.165, 1.54) is 52.0 Å². The first-order valence-corrected chi connectivity index (χ1v) is 17.4. The zero-order valence-electron chi connectivity index (χ0n) is 25.8. The first-order valence-electron chi connectivity index (χ1n) is 15.1. The van der Waals surface area contributed by atoms with Gasteiger partial charge in [-0.05, 0) is 62.1 Å². The molecule has 47 heavy (non-hydrogen) atoms. The number of nitrogens with zero attached hydrogens (tertiary/aromatic N) is 5. The molecule has 2 aliphatic rings. The molecule has 16 heteroatoms. The minimum Gasteiger partial charge on any atom is -0.406 e. The average Bonchev–Trinajstić information content (AvgIpc) is 3.78. The standard InChI is InChI=1S/C31H35F3N6O5S2/c1-30(2,41)22-7-11-25(12-8-22)47(42,43)40-14-13-39(29-38-28-26(46-29)16-36-27(37-28)21-5-6-21)17-23(40)18-44-19-35-15-20-3-9-24(10-4-20)45-31(32,33)34/h3-4,7-12,16,21,23,35,41H,5-6,13-15,17-19H2,1-2H3/t23-/m1/s1. The van der Waals surface area contributed by atoms with Crippen molar-refractivity contribution in [3.8, 4) is 5.75 Å². The Morgan fingerprint density at radius 3 is 2.43 bits per heavy atom. The molecule has 1 saturated carbocycles. The number of halogens is 3. The second kappa shape index (κ2) is 13.2. The topological polar surface area (TPSA) is 130 Å². The van der Waals surface area contributed by atoms with E-state index in [0.717, 1.165) is 34.1 Å². The molecule has 0 unspecified atom stereocenters. The van der Waals surface area contributed by atoms with E-state index in [-0.39, 0.29) is 30.5 Å². The molecule has 1 saturated heterocycles. The molecule has 6 rings (SSSR count). The molecule has 0 spiro atoms. The summed E-state index contributed by atoms with van der Waals surface area (Å²) >= 11 is 1.46. The van der Waals surface area contributed by atoms with Crippen molar-refractivity contribution in [2.75, 3.05) is 37.9 Å². The average molecular weight is 693 g/mol. The number of aromatic nitrogens is 3. The van der Waals surface area contributed by atoms with Crippen LogP contribution < -0.4 is 15.0 Å². The van der Waals surface area contributed by atoms with E-state index in [1.807, 2.05) is 4.90 Å². The van der Waals surface area contributed by atoms with E-state index < -0.39 is 28.0 Å². The van der Waals surface area contributed by atoms with Crippen LogP contribution >= 0.6 is 11.3 Å². The highest BCUT2D eigenvalue weighted by molar-refractivity contribution is 7.89. The third-order valence-electron chi connectivity index (χ3n) is 7.97. The van der Waals surface area contributed by atoms with Crippen molar-refractivity contribution in [3.63, 3.8) is 0 Å². The summed E-state index contributed by atoms with van der Waals surface area (Å²) in [5.74, 6) is 0.901. The number of anilines is 1. The van der Waals surface area contributed by atoms with Crippen LogP contribution in [0.3, 0.4) is 0 Å². The summed E-state index contributed by atoms with van der Waals surface area (Å²) in [7, 11) is -3.92. The highest BCUT2D eigenvalue weighted by Gasteiger charge is 2.38. The fraction of sp³-hybridized carbons (Fsp3) is 0.452. The quantitative estimate of drug-likeness (QED) is 0.159. The molecule has 2 fully saturated rings. The summed E-state index contributed by atoms with van der Waals surface area (Å²) < 4.78 is 77.2. The third-order valence-corrected chi connectivity index (χ3v) is 11.0. The molecule has 1 atom stereocenters. The molecule has 2 aromatic carbocycles. The summed E-state index contributed by atoms with van der Waals surface area (Å²) in [6, 6.07) is 11.2. The second-order valence-corrected chi connectivity index (χ2v) is 15.0. The number of aliphatic hydroxyl groups is 1. The van der Waals surface area contributed by atoms with E-state index >= 15 is 0 Å². The van der Waals surface area contributed by atoms with Gasteiger partial charge in [0.1, 0.15) is 11.6 Å². The zero-order valence-corrected chi connectivity index (χ0v) is 27.4. The molecule has 0 bridgehead atoms. The van der Waals surface area contributed by atoms with Crippen LogP contribution in [-0.2, 0) is 26.9 Å². The molecule has 0 radical (unpaired) electrons. The summed E-state index contributed by atoms with van der Waals surface area (Å²) in [6.07, 6.45) is -0.791. The van der Waals surface area contributed by atoms with Crippen molar-refractivity contribution in [3.05, 3.63) is 71.7 Å². The first kappa shape index (κ1) is 33.5. The number of ether oxygens (including phenoxy) is 2. The van der Waals surface area contributed by atoms with Gasteiger partial charge >= 0.3 is 6.36 Å². The fourth-order valence-corrected chi connectivity index (χ4v) is 7.82. The summed E-state index contributed by atoms with van der Waals surface area (Å²) in [5.41, 5.74) is 0.837. The van der Waals surface area contributed by atoms with Gasteiger partial charge < -0.3 is 19.5 Å². The number of hydrogen-bond acceptors (Lipinski definition) is 11. The van der Waals surface area contributed by atoms with Crippen molar-refractivity contribution in [2.24, 2.45) is 0 Å². The smallest absolute Gasteiger partial charge is 0.406 e. The maximum absolute atomic E-state index is 13.9.